The average Bonchev–Trinajstić information content (AvgIpc) is 2.62. The Morgan fingerprint density at radius 3 is 1.75 bits per heavy atom. The van der Waals surface area contributed by atoms with E-state index >= 15 is 0 Å². The molecule has 0 bridgehead atoms. The summed E-state index contributed by atoms with van der Waals surface area (Å²) in [7, 11) is 0. The molecular weight excluding hydrogens is 152 g/mol. The molecule has 0 aromatic heterocycles. The lowest BCUT2D eigenvalue weighted by atomic mass is 10.2. The second-order valence-corrected chi connectivity index (χ2v) is 2.30. The van der Waals surface area contributed by atoms with Crippen molar-refractivity contribution in [1.29, 1.82) is 0 Å². The molecule has 2 rings (SSSR count). The van der Waals surface area contributed by atoms with Crippen LogP contribution in [0.25, 0.3) is 0 Å². The predicted octanol–water partition coefficient (Wildman–Crippen LogP) is 2.62. The van der Waals surface area contributed by atoms with E-state index in [1.54, 1.807) is 0 Å². The first-order valence-electron chi connectivity index (χ1n) is 3.69. The van der Waals surface area contributed by atoms with Gasteiger partial charge in [0.1, 0.15) is 12.5 Å². The molecule has 1 aromatic carbocycles. The summed E-state index contributed by atoms with van der Waals surface area (Å²) < 4.78 is 8.83. The lowest BCUT2D eigenvalue weighted by Crippen LogP contribution is -1.63. The molecule has 0 saturated heterocycles. The van der Waals surface area contributed by atoms with E-state index in [0.717, 1.165) is 0 Å². The highest BCUT2D eigenvalue weighted by atomic mass is 16.7. The van der Waals surface area contributed by atoms with Crippen LogP contribution in [-0.4, -0.2) is 0 Å². The van der Waals surface area contributed by atoms with Gasteiger partial charge in [0.25, 0.3) is 0 Å². The Labute approximate surface area is 72.4 Å². The van der Waals surface area contributed by atoms with E-state index in [9.17, 15) is 0 Å². The van der Waals surface area contributed by atoms with Crippen LogP contribution in [0.3, 0.4) is 0 Å². The van der Waals surface area contributed by atoms with Crippen LogP contribution in [0, 0.1) is 13.7 Å². The summed E-state index contributed by atoms with van der Waals surface area (Å²) in [6, 6.07) is 10.3. The maximum absolute atomic E-state index is 4.42. The fourth-order valence-electron chi connectivity index (χ4n) is 0.695. The molecule has 0 fully saturated rings. The molecule has 0 amide bonds. The van der Waals surface area contributed by atoms with Crippen LogP contribution in [0.4, 0.5) is 0 Å². The maximum atomic E-state index is 4.42. The molecule has 0 aliphatic carbocycles. The van der Waals surface area contributed by atoms with Gasteiger partial charge in [-0.3, -0.25) is 0 Å². The lowest BCUT2D eigenvalue weighted by molar-refractivity contribution is 0.184. The average molecular weight is 163 g/mol. The van der Waals surface area contributed by atoms with Crippen molar-refractivity contribution in [3.05, 3.63) is 55.2 Å². The number of aryl methyl sites for hydroxylation is 1. The molecule has 0 spiro atoms. The van der Waals surface area contributed by atoms with Crippen LogP contribution in [0.2, 0.25) is 0 Å². The Hall–Kier alpha value is -1.44. The summed E-state index contributed by atoms with van der Waals surface area (Å²) in [5.41, 5.74) is 1.32. The molecule has 12 heavy (non-hydrogen) atoms. The smallest absolute Gasteiger partial charge is 0.315 e. The molecule has 1 heterocycles. The van der Waals surface area contributed by atoms with Crippen molar-refractivity contribution in [2.75, 3.05) is 0 Å². The van der Waals surface area contributed by atoms with Crippen molar-refractivity contribution in [3.8, 4) is 0 Å². The number of rotatable bonds is 0. The molecule has 63 valence electrons. The highest BCUT2D eigenvalue weighted by molar-refractivity contribution is 5.11. The minimum Gasteiger partial charge on any atom is -0.453 e. The second-order valence-electron chi connectivity index (χ2n) is 2.30. The molecule has 0 unspecified atom stereocenters. The SMILES string of the molecule is Cc1ccccc1.[CH]1OC=CO1. The zero-order valence-electron chi connectivity index (χ0n) is 6.94. The van der Waals surface area contributed by atoms with E-state index in [1.807, 2.05) is 18.2 Å². The summed E-state index contributed by atoms with van der Waals surface area (Å²) in [4.78, 5) is 0. The Balaban J connectivity index is 0.000000127. The van der Waals surface area contributed by atoms with Crippen LogP contribution in [-0.2, 0) is 9.47 Å². The third kappa shape index (κ3) is 3.66. The third-order valence-corrected chi connectivity index (χ3v) is 1.26. The topological polar surface area (TPSA) is 18.5 Å². The Kier molecular flexibility index (Phi) is 3.78. The summed E-state index contributed by atoms with van der Waals surface area (Å²) in [5.74, 6) is 0. The number of hydrogen-bond acceptors (Lipinski definition) is 2. The Morgan fingerprint density at radius 1 is 0.917 bits per heavy atom. The van der Waals surface area contributed by atoms with Crippen LogP contribution >= 0.6 is 0 Å². The van der Waals surface area contributed by atoms with Gasteiger partial charge in [-0.05, 0) is 6.92 Å². The minimum absolute atomic E-state index is 1.25. The first kappa shape index (κ1) is 8.65. The van der Waals surface area contributed by atoms with E-state index in [-0.39, 0.29) is 0 Å². The molecule has 1 aliphatic heterocycles. The van der Waals surface area contributed by atoms with Crippen molar-refractivity contribution in [1.82, 2.24) is 0 Å². The van der Waals surface area contributed by atoms with Crippen LogP contribution in [0.1, 0.15) is 5.56 Å². The van der Waals surface area contributed by atoms with Crippen LogP contribution < -0.4 is 0 Å². The van der Waals surface area contributed by atoms with Gasteiger partial charge in [-0.2, -0.15) is 0 Å². The van der Waals surface area contributed by atoms with Gasteiger partial charge < -0.3 is 9.47 Å². The number of benzene rings is 1. The van der Waals surface area contributed by atoms with Gasteiger partial charge in [0.2, 0.25) is 0 Å². The standard InChI is InChI=1S/C7H8.C3H3O2/c1-7-5-3-2-4-6-7;1-2-5-3-4-1/h2-6H,1H3;1-3H. The lowest BCUT2D eigenvalue weighted by Gasteiger charge is -1.82. The third-order valence-electron chi connectivity index (χ3n) is 1.26. The monoisotopic (exact) mass is 163 g/mol. The van der Waals surface area contributed by atoms with Gasteiger partial charge in [0.15, 0.2) is 0 Å². The van der Waals surface area contributed by atoms with Gasteiger partial charge in [-0.1, -0.05) is 35.9 Å². The number of ether oxygens (including phenoxy) is 2. The van der Waals surface area contributed by atoms with Gasteiger partial charge >= 0.3 is 6.79 Å². The maximum Gasteiger partial charge on any atom is 0.315 e. The summed E-state index contributed by atoms with van der Waals surface area (Å²) in [5, 5.41) is 0. The van der Waals surface area contributed by atoms with E-state index in [1.165, 1.54) is 24.9 Å². The summed E-state index contributed by atoms with van der Waals surface area (Å²) in [6.07, 6.45) is 2.92. The fraction of sp³-hybridized carbons (Fsp3) is 0.100. The molecule has 0 atom stereocenters. The molecule has 2 heteroatoms. The Bertz CT molecular complexity index is 223. The summed E-state index contributed by atoms with van der Waals surface area (Å²) in [6.45, 7) is 3.33. The zero-order chi connectivity index (χ0) is 8.65. The zero-order valence-corrected chi connectivity index (χ0v) is 6.94. The van der Waals surface area contributed by atoms with Crippen molar-refractivity contribution in [3.63, 3.8) is 0 Å². The van der Waals surface area contributed by atoms with Gasteiger partial charge in [0, 0.05) is 0 Å². The fourth-order valence-corrected chi connectivity index (χ4v) is 0.695. The van der Waals surface area contributed by atoms with E-state index in [2.05, 4.69) is 28.5 Å². The molecule has 1 radical (unpaired) electrons. The molecule has 0 saturated carbocycles. The normalized spacial score (nSPS) is 12.4. The van der Waals surface area contributed by atoms with Crippen molar-refractivity contribution < 1.29 is 9.47 Å². The van der Waals surface area contributed by atoms with E-state index in [4.69, 9.17) is 0 Å². The predicted molar refractivity (Wildman–Crippen MR) is 46.8 cm³/mol. The quantitative estimate of drug-likeness (QED) is 0.585. The molecule has 0 N–H and O–H groups in total. The first-order chi connectivity index (χ1) is 5.89. The van der Waals surface area contributed by atoms with Crippen LogP contribution in [0.5, 0.6) is 0 Å². The van der Waals surface area contributed by atoms with Crippen LogP contribution in [0.15, 0.2) is 42.9 Å². The van der Waals surface area contributed by atoms with Gasteiger partial charge in [-0.25, -0.2) is 0 Å². The first-order valence-corrected chi connectivity index (χ1v) is 3.69. The molecule has 2 nitrogen and oxygen atoms in total. The Morgan fingerprint density at radius 2 is 1.50 bits per heavy atom. The van der Waals surface area contributed by atoms with Crippen molar-refractivity contribution in [2.24, 2.45) is 0 Å². The summed E-state index contributed by atoms with van der Waals surface area (Å²) >= 11 is 0. The molecular formula is C10H11O2. The van der Waals surface area contributed by atoms with Gasteiger partial charge in [0.05, 0.1) is 0 Å². The largest absolute Gasteiger partial charge is 0.453 e. The highest BCUT2D eigenvalue weighted by Crippen LogP contribution is 1.94. The molecule has 1 aromatic rings. The van der Waals surface area contributed by atoms with E-state index in [0.29, 0.717) is 0 Å². The van der Waals surface area contributed by atoms with Crippen molar-refractivity contribution >= 4 is 0 Å². The van der Waals surface area contributed by atoms with E-state index < -0.39 is 0 Å². The van der Waals surface area contributed by atoms with Crippen molar-refractivity contribution in [2.45, 2.75) is 6.92 Å². The van der Waals surface area contributed by atoms with Gasteiger partial charge in [-0.15, -0.1) is 0 Å². The second kappa shape index (κ2) is 5.24. The number of hydrogen-bond donors (Lipinski definition) is 0. The minimum atomic E-state index is 1.25. The molecule has 1 aliphatic rings. The highest BCUT2D eigenvalue weighted by Gasteiger charge is 1.85.